The summed E-state index contributed by atoms with van der Waals surface area (Å²) < 4.78 is 9.40. The summed E-state index contributed by atoms with van der Waals surface area (Å²) in [5, 5.41) is 26.4. The third kappa shape index (κ3) is 12.7. The minimum Gasteiger partial charge on any atom is -0.480 e. The Hall–Kier alpha value is -2.73. The topological polar surface area (TPSA) is 171 Å². The zero-order valence-electron chi connectivity index (χ0n) is 14.4. The normalized spacial score (nSPS) is 11.8. The van der Waals surface area contributed by atoms with E-state index in [1.807, 2.05) is 0 Å². The van der Waals surface area contributed by atoms with Crippen LogP contribution in [0.25, 0.3) is 0 Å². The molecule has 148 valence electrons. The molecule has 0 rings (SSSR count). The number of carbonyl (C=O) groups excluding carboxylic acids is 2. The molecular weight excluding hydrogens is 356 g/mol. The van der Waals surface area contributed by atoms with Crippen molar-refractivity contribution < 1.29 is 48.8 Å². The van der Waals surface area contributed by atoms with Crippen LogP contribution in [-0.4, -0.2) is 101 Å². The Bertz CT molecular complexity index is 520. The summed E-state index contributed by atoms with van der Waals surface area (Å²) in [6.45, 7) is 0.116. The molecule has 12 nitrogen and oxygen atoms in total. The number of carbonyl (C=O) groups is 5. The summed E-state index contributed by atoms with van der Waals surface area (Å²) in [4.78, 5) is 57.1. The maximum atomic E-state index is 11.8. The highest BCUT2D eigenvalue weighted by Gasteiger charge is 2.20. The fraction of sp³-hybridized carbons (Fsp3) is 0.643. The van der Waals surface area contributed by atoms with E-state index in [1.165, 1.54) is 6.92 Å². The van der Waals surface area contributed by atoms with Gasteiger partial charge >= 0.3 is 29.8 Å². The van der Waals surface area contributed by atoms with E-state index in [-0.39, 0.29) is 13.1 Å². The van der Waals surface area contributed by atoms with Crippen LogP contribution in [0.3, 0.4) is 0 Å². The Kier molecular flexibility index (Phi) is 10.5. The lowest BCUT2D eigenvalue weighted by Gasteiger charge is -2.24. The van der Waals surface area contributed by atoms with Crippen molar-refractivity contribution in [2.24, 2.45) is 0 Å². The molecule has 0 aromatic rings. The van der Waals surface area contributed by atoms with Crippen LogP contribution < -0.4 is 0 Å². The molecule has 3 N–H and O–H groups in total. The molecule has 0 aliphatic heterocycles. The molecule has 0 bridgehead atoms. The molecule has 0 fully saturated rings. The van der Waals surface area contributed by atoms with Crippen molar-refractivity contribution in [3.05, 3.63) is 0 Å². The standard InChI is InChI=1S/C14H22N2O10/c1-9(17)25-10(2)26-14(24)8-16(7-13(22)23)4-3-15(5-11(18)19)6-12(20)21/h10H,3-8H2,1-2H3,(H,18,19)(H,20,21)(H,22,23). The number of hydrogen-bond donors (Lipinski definition) is 3. The predicted octanol–water partition coefficient (Wildman–Crippen LogP) is -1.70. The average molecular weight is 378 g/mol. The molecule has 0 saturated carbocycles. The van der Waals surface area contributed by atoms with Crippen LogP contribution in [0.1, 0.15) is 13.8 Å². The molecule has 0 aliphatic carbocycles. The van der Waals surface area contributed by atoms with E-state index in [4.69, 9.17) is 20.1 Å². The van der Waals surface area contributed by atoms with Gasteiger partial charge in [-0.15, -0.1) is 0 Å². The van der Waals surface area contributed by atoms with E-state index in [0.717, 1.165) is 16.7 Å². The third-order valence-corrected chi connectivity index (χ3v) is 2.79. The van der Waals surface area contributed by atoms with Gasteiger partial charge < -0.3 is 24.8 Å². The number of aliphatic carboxylic acids is 3. The Morgan fingerprint density at radius 1 is 0.769 bits per heavy atom. The van der Waals surface area contributed by atoms with Crippen molar-refractivity contribution in [3.8, 4) is 0 Å². The number of esters is 2. The van der Waals surface area contributed by atoms with E-state index in [2.05, 4.69) is 4.74 Å². The smallest absolute Gasteiger partial charge is 0.323 e. The van der Waals surface area contributed by atoms with Gasteiger partial charge in [0.25, 0.3) is 0 Å². The van der Waals surface area contributed by atoms with Gasteiger partial charge in [-0.2, -0.15) is 0 Å². The predicted molar refractivity (Wildman–Crippen MR) is 83.1 cm³/mol. The van der Waals surface area contributed by atoms with Crippen LogP contribution in [0.2, 0.25) is 0 Å². The van der Waals surface area contributed by atoms with E-state index in [0.29, 0.717) is 0 Å². The van der Waals surface area contributed by atoms with Gasteiger partial charge in [0.2, 0.25) is 6.29 Å². The maximum Gasteiger partial charge on any atom is 0.323 e. The quantitative estimate of drug-likeness (QED) is 0.245. The minimum absolute atomic E-state index is 0.0933. The van der Waals surface area contributed by atoms with Gasteiger partial charge in [0.15, 0.2) is 0 Å². The molecule has 0 amide bonds. The molecule has 0 aromatic carbocycles. The largest absolute Gasteiger partial charge is 0.480 e. The molecule has 12 heteroatoms. The van der Waals surface area contributed by atoms with Gasteiger partial charge in [-0.25, -0.2) is 0 Å². The van der Waals surface area contributed by atoms with Crippen molar-refractivity contribution in [2.75, 3.05) is 39.3 Å². The van der Waals surface area contributed by atoms with Crippen molar-refractivity contribution in [1.82, 2.24) is 9.80 Å². The van der Waals surface area contributed by atoms with E-state index in [9.17, 15) is 24.0 Å². The van der Waals surface area contributed by atoms with Gasteiger partial charge in [0.05, 0.1) is 26.2 Å². The van der Waals surface area contributed by atoms with Crippen LogP contribution in [-0.2, 0) is 33.4 Å². The minimum atomic E-state index is -1.24. The molecule has 0 radical (unpaired) electrons. The second-order valence-electron chi connectivity index (χ2n) is 5.27. The van der Waals surface area contributed by atoms with Crippen molar-refractivity contribution >= 4 is 29.8 Å². The number of carboxylic acids is 3. The Labute approximate surface area is 148 Å². The lowest BCUT2D eigenvalue weighted by molar-refractivity contribution is -0.183. The number of hydrogen-bond acceptors (Lipinski definition) is 9. The van der Waals surface area contributed by atoms with E-state index in [1.54, 1.807) is 0 Å². The van der Waals surface area contributed by atoms with Crippen molar-refractivity contribution in [1.29, 1.82) is 0 Å². The first kappa shape index (κ1) is 23.3. The highest BCUT2D eigenvalue weighted by molar-refractivity contribution is 5.74. The highest BCUT2D eigenvalue weighted by Crippen LogP contribution is 1.99. The number of nitrogens with zero attached hydrogens (tertiary/aromatic N) is 2. The van der Waals surface area contributed by atoms with Gasteiger partial charge in [0, 0.05) is 26.9 Å². The molecule has 0 saturated heterocycles. The van der Waals surface area contributed by atoms with E-state index < -0.39 is 62.3 Å². The molecule has 0 aliphatic rings. The fourth-order valence-corrected chi connectivity index (χ4v) is 1.95. The van der Waals surface area contributed by atoms with Gasteiger partial charge in [-0.1, -0.05) is 0 Å². The van der Waals surface area contributed by atoms with Crippen LogP contribution in [0.15, 0.2) is 0 Å². The van der Waals surface area contributed by atoms with Crippen molar-refractivity contribution in [3.63, 3.8) is 0 Å². The summed E-state index contributed by atoms with van der Waals surface area (Å²) in [7, 11) is 0. The van der Waals surface area contributed by atoms with E-state index >= 15 is 0 Å². The number of ether oxygens (including phenoxy) is 2. The Morgan fingerprint density at radius 2 is 1.15 bits per heavy atom. The lowest BCUT2D eigenvalue weighted by Crippen LogP contribution is -2.44. The highest BCUT2D eigenvalue weighted by atomic mass is 16.7. The average Bonchev–Trinajstić information content (AvgIpc) is 2.41. The first-order chi connectivity index (χ1) is 12.0. The zero-order chi connectivity index (χ0) is 20.3. The molecule has 0 aromatic heterocycles. The summed E-state index contributed by atoms with van der Waals surface area (Å²) in [6, 6.07) is 0. The SMILES string of the molecule is CC(=O)OC(C)OC(=O)CN(CCN(CC(=O)O)CC(=O)O)CC(=O)O. The molecular formula is C14H22N2O10. The number of carboxylic acid groups (broad SMARTS) is 3. The van der Waals surface area contributed by atoms with Gasteiger partial charge in [-0.05, 0) is 0 Å². The van der Waals surface area contributed by atoms with Gasteiger partial charge in [-0.3, -0.25) is 33.8 Å². The Morgan fingerprint density at radius 3 is 1.50 bits per heavy atom. The second kappa shape index (κ2) is 11.8. The summed E-state index contributed by atoms with van der Waals surface area (Å²) in [5.74, 6) is -5.25. The monoisotopic (exact) mass is 378 g/mol. The van der Waals surface area contributed by atoms with Crippen LogP contribution in [0.4, 0.5) is 0 Å². The number of rotatable bonds is 13. The molecule has 1 atom stereocenters. The van der Waals surface area contributed by atoms with Crippen LogP contribution in [0, 0.1) is 0 Å². The Balaban J connectivity index is 4.73. The third-order valence-electron chi connectivity index (χ3n) is 2.79. The molecule has 0 heterocycles. The summed E-state index contributed by atoms with van der Waals surface area (Å²) in [5.41, 5.74) is 0. The summed E-state index contributed by atoms with van der Waals surface area (Å²) >= 11 is 0. The molecule has 0 spiro atoms. The van der Waals surface area contributed by atoms with Gasteiger partial charge in [0.1, 0.15) is 0 Å². The first-order valence-electron chi connectivity index (χ1n) is 7.46. The fourth-order valence-electron chi connectivity index (χ4n) is 1.95. The molecule has 26 heavy (non-hydrogen) atoms. The van der Waals surface area contributed by atoms with Crippen molar-refractivity contribution in [2.45, 2.75) is 20.1 Å². The summed E-state index contributed by atoms with van der Waals surface area (Å²) in [6.07, 6.45) is -1.15. The maximum absolute atomic E-state index is 11.8. The lowest BCUT2D eigenvalue weighted by atomic mass is 10.4. The zero-order valence-corrected chi connectivity index (χ0v) is 14.4. The molecule has 1 unspecified atom stereocenters. The second-order valence-corrected chi connectivity index (χ2v) is 5.27. The van der Waals surface area contributed by atoms with Crippen LogP contribution >= 0.6 is 0 Å². The first-order valence-corrected chi connectivity index (χ1v) is 7.46. The van der Waals surface area contributed by atoms with Crippen LogP contribution in [0.5, 0.6) is 0 Å².